The van der Waals surface area contributed by atoms with Crippen LogP contribution in [-0.2, 0) is 4.79 Å². The number of aryl methyl sites for hydroxylation is 1. The minimum Gasteiger partial charge on any atom is -0.481 e. The summed E-state index contributed by atoms with van der Waals surface area (Å²) in [5.74, 6) is 0.428. The molecule has 2 aromatic rings. The van der Waals surface area contributed by atoms with Crippen LogP contribution in [0.3, 0.4) is 0 Å². The first-order valence-corrected chi connectivity index (χ1v) is 5.75. The first-order valence-electron chi connectivity index (χ1n) is 5.38. The van der Waals surface area contributed by atoms with Crippen molar-refractivity contribution in [2.45, 2.75) is 20.0 Å². The molecule has 4 nitrogen and oxygen atoms in total. The van der Waals surface area contributed by atoms with Crippen LogP contribution < -0.4 is 10.4 Å². The van der Waals surface area contributed by atoms with Crippen LogP contribution in [0.1, 0.15) is 12.5 Å². The zero-order valence-corrected chi connectivity index (χ0v) is 10.7. The molecule has 0 spiro atoms. The smallest absolute Gasteiger partial charge is 0.336 e. The number of hydrogen-bond donors (Lipinski definition) is 0. The molecule has 0 aliphatic rings. The molecule has 0 radical (unpaired) electrons. The first kappa shape index (κ1) is 12.6. The molecule has 1 heterocycles. The van der Waals surface area contributed by atoms with Gasteiger partial charge in [0.1, 0.15) is 11.3 Å². The largest absolute Gasteiger partial charge is 0.481 e. The van der Waals surface area contributed by atoms with Gasteiger partial charge >= 0.3 is 5.63 Å². The van der Waals surface area contributed by atoms with Gasteiger partial charge in [-0.25, -0.2) is 4.79 Å². The lowest BCUT2D eigenvalue weighted by atomic mass is 10.1. The Bertz CT molecular complexity index is 660. The lowest BCUT2D eigenvalue weighted by Gasteiger charge is -2.10. The van der Waals surface area contributed by atoms with Gasteiger partial charge in [-0.3, -0.25) is 4.79 Å². The predicted octanol–water partition coefficient (Wildman–Crippen LogP) is 2.63. The van der Waals surface area contributed by atoms with Crippen molar-refractivity contribution in [3.8, 4) is 5.75 Å². The molecule has 0 fully saturated rings. The van der Waals surface area contributed by atoms with E-state index in [-0.39, 0.29) is 0 Å². The summed E-state index contributed by atoms with van der Waals surface area (Å²) in [6.45, 7) is 3.37. The van der Waals surface area contributed by atoms with E-state index < -0.39 is 17.0 Å². The third-order valence-corrected chi connectivity index (χ3v) is 2.86. The van der Waals surface area contributed by atoms with Crippen LogP contribution in [0.2, 0.25) is 0 Å². The number of benzene rings is 1. The maximum absolute atomic E-state index is 11.3. The topological polar surface area (TPSA) is 56.5 Å². The molecule has 0 aliphatic heterocycles. The molecule has 5 heteroatoms. The molecule has 1 aromatic carbocycles. The molecule has 0 unspecified atom stereocenters. The lowest BCUT2D eigenvalue weighted by molar-refractivity contribution is -0.117. The third-order valence-electron chi connectivity index (χ3n) is 2.56. The fraction of sp³-hybridized carbons (Fsp3) is 0.231. The monoisotopic (exact) mass is 266 g/mol. The van der Waals surface area contributed by atoms with Crippen molar-refractivity contribution in [1.82, 2.24) is 0 Å². The molecule has 18 heavy (non-hydrogen) atoms. The average molecular weight is 267 g/mol. The molecule has 1 atom stereocenters. The van der Waals surface area contributed by atoms with E-state index in [1.54, 1.807) is 25.1 Å². The molecule has 0 amide bonds. The van der Waals surface area contributed by atoms with E-state index in [4.69, 9.17) is 20.8 Å². The van der Waals surface area contributed by atoms with Gasteiger partial charge in [0, 0.05) is 17.5 Å². The van der Waals surface area contributed by atoms with Crippen molar-refractivity contribution >= 4 is 27.8 Å². The zero-order chi connectivity index (χ0) is 13.3. The Balaban J connectivity index is 2.44. The Hall–Kier alpha value is -1.81. The van der Waals surface area contributed by atoms with Crippen molar-refractivity contribution in [3.63, 3.8) is 0 Å². The molecule has 0 aliphatic carbocycles. The van der Waals surface area contributed by atoms with Crippen LogP contribution in [0.15, 0.2) is 33.5 Å². The lowest BCUT2D eigenvalue weighted by Crippen LogP contribution is -2.18. The highest BCUT2D eigenvalue weighted by atomic mass is 35.5. The van der Waals surface area contributed by atoms with E-state index in [1.807, 2.05) is 6.92 Å². The van der Waals surface area contributed by atoms with E-state index in [0.29, 0.717) is 11.3 Å². The number of rotatable bonds is 3. The van der Waals surface area contributed by atoms with E-state index in [0.717, 1.165) is 10.9 Å². The van der Waals surface area contributed by atoms with Crippen molar-refractivity contribution in [3.05, 3.63) is 40.2 Å². The van der Waals surface area contributed by atoms with E-state index in [2.05, 4.69) is 0 Å². The van der Waals surface area contributed by atoms with Crippen molar-refractivity contribution in [2.75, 3.05) is 0 Å². The normalized spacial score (nSPS) is 12.4. The third kappa shape index (κ3) is 2.54. The molecular formula is C13H11ClO4. The summed E-state index contributed by atoms with van der Waals surface area (Å²) in [5, 5.41) is 0.243. The molecule has 2 rings (SSSR count). The van der Waals surface area contributed by atoms with Gasteiger partial charge in [0.05, 0.1) is 0 Å². The number of carbonyl (C=O) groups excluding carboxylic acids is 1. The Morgan fingerprint density at radius 3 is 2.78 bits per heavy atom. The summed E-state index contributed by atoms with van der Waals surface area (Å²) < 4.78 is 10.4. The highest BCUT2D eigenvalue weighted by Crippen LogP contribution is 2.23. The highest BCUT2D eigenvalue weighted by Gasteiger charge is 2.12. The number of fused-ring (bicyclic) bond motifs is 1. The Labute approximate surface area is 108 Å². The van der Waals surface area contributed by atoms with Gasteiger partial charge in [-0.2, -0.15) is 0 Å². The van der Waals surface area contributed by atoms with Gasteiger partial charge in [0.15, 0.2) is 6.10 Å². The second-order valence-corrected chi connectivity index (χ2v) is 4.34. The van der Waals surface area contributed by atoms with Crippen molar-refractivity contribution in [1.29, 1.82) is 0 Å². The van der Waals surface area contributed by atoms with Gasteiger partial charge < -0.3 is 9.15 Å². The maximum atomic E-state index is 11.3. The number of ether oxygens (including phenoxy) is 1. The number of carbonyl (C=O) groups is 1. The summed E-state index contributed by atoms with van der Waals surface area (Å²) in [6.07, 6.45) is -0.749. The van der Waals surface area contributed by atoms with Gasteiger partial charge in [-0.1, -0.05) is 0 Å². The summed E-state index contributed by atoms with van der Waals surface area (Å²) in [7, 11) is 0. The number of halogens is 1. The summed E-state index contributed by atoms with van der Waals surface area (Å²) >= 11 is 5.31. The minimum atomic E-state index is -0.749. The highest BCUT2D eigenvalue weighted by molar-refractivity contribution is 6.64. The zero-order valence-electron chi connectivity index (χ0n) is 9.90. The molecule has 1 aromatic heterocycles. The van der Waals surface area contributed by atoms with E-state index in [9.17, 15) is 9.59 Å². The van der Waals surface area contributed by atoms with Crippen molar-refractivity contribution < 1.29 is 13.9 Å². The molecule has 0 saturated carbocycles. The van der Waals surface area contributed by atoms with Crippen LogP contribution in [0.4, 0.5) is 0 Å². The van der Waals surface area contributed by atoms with Crippen LogP contribution in [0, 0.1) is 6.92 Å². The fourth-order valence-electron chi connectivity index (χ4n) is 1.63. The minimum absolute atomic E-state index is 0.418. The molecule has 94 valence electrons. The summed E-state index contributed by atoms with van der Waals surface area (Å²) in [4.78, 5) is 22.2. The van der Waals surface area contributed by atoms with Crippen LogP contribution in [-0.4, -0.2) is 11.3 Å². The second kappa shape index (κ2) is 4.82. The molecule has 0 N–H and O–H groups in total. The Morgan fingerprint density at radius 1 is 1.39 bits per heavy atom. The Morgan fingerprint density at radius 2 is 2.11 bits per heavy atom. The summed E-state index contributed by atoms with van der Waals surface area (Å²) in [5.41, 5.74) is 0.833. The molecular weight excluding hydrogens is 256 g/mol. The van der Waals surface area contributed by atoms with Gasteiger partial charge in [-0.15, -0.1) is 0 Å². The van der Waals surface area contributed by atoms with Crippen LogP contribution in [0.5, 0.6) is 5.75 Å². The second-order valence-electron chi connectivity index (χ2n) is 3.97. The molecule has 0 bridgehead atoms. The van der Waals surface area contributed by atoms with Crippen molar-refractivity contribution in [2.24, 2.45) is 0 Å². The van der Waals surface area contributed by atoms with E-state index in [1.165, 1.54) is 6.07 Å². The summed E-state index contributed by atoms with van der Waals surface area (Å²) in [6, 6.07) is 6.47. The Kier molecular flexibility index (Phi) is 3.39. The van der Waals surface area contributed by atoms with E-state index >= 15 is 0 Å². The fourth-order valence-corrected chi connectivity index (χ4v) is 1.67. The maximum Gasteiger partial charge on any atom is 0.336 e. The van der Waals surface area contributed by atoms with Crippen LogP contribution >= 0.6 is 11.6 Å². The number of hydrogen-bond acceptors (Lipinski definition) is 4. The first-order chi connectivity index (χ1) is 8.47. The van der Waals surface area contributed by atoms with Crippen LogP contribution in [0.25, 0.3) is 11.0 Å². The quantitative estimate of drug-likeness (QED) is 0.633. The van der Waals surface area contributed by atoms with Gasteiger partial charge in [-0.05, 0) is 43.1 Å². The predicted molar refractivity (Wildman–Crippen MR) is 68.2 cm³/mol. The van der Waals surface area contributed by atoms with Gasteiger partial charge in [0.2, 0.25) is 0 Å². The SMILES string of the molecule is Cc1cc(=O)oc2cc(O[C@H](C)C(=O)Cl)ccc12. The average Bonchev–Trinajstić information content (AvgIpc) is 2.27. The van der Waals surface area contributed by atoms with Gasteiger partial charge in [0.25, 0.3) is 5.24 Å². The molecule has 0 saturated heterocycles. The standard InChI is InChI=1S/C13H11ClO4/c1-7-5-12(15)18-11-6-9(3-4-10(7)11)17-8(2)13(14)16/h3-6,8H,1-2H3/t8-/m1/s1.